The summed E-state index contributed by atoms with van der Waals surface area (Å²) < 4.78 is 10.3. The Labute approximate surface area is 123 Å². The van der Waals surface area contributed by atoms with Gasteiger partial charge < -0.3 is 51.2 Å². The minimum Gasteiger partial charge on any atom is -0.393 e. The van der Waals surface area contributed by atoms with Crippen LogP contribution in [0.15, 0.2) is 4.99 Å². The lowest BCUT2D eigenvalue weighted by Crippen LogP contribution is -2.95. The first-order chi connectivity index (χ1) is 10.2. The van der Waals surface area contributed by atoms with E-state index in [0.717, 1.165) is 0 Å². The van der Waals surface area contributed by atoms with Crippen LogP contribution in [0.1, 0.15) is 0 Å². The third-order valence-electron chi connectivity index (χ3n) is 5.22. The molecular formula is C11H17N3O8. The standard InChI is InChI=1S/C11H17N3O8/c12-8-13-6(17)2-4-9(19,1-15)5-3(16)10(2,14-8)7(18)11(20,21-4)22-5/h2-7,15-20H,1H2,(H3,12,13,14)/t2?,3-,4?,5?,6?,7-,9?,10?,11?/m0/s1. The van der Waals surface area contributed by atoms with Gasteiger partial charge in [-0.15, -0.1) is 0 Å². The minimum absolute atomic E-state index is 0.250. The van der Waals surface area contributed by atoms with Gasteiger partial charge in [-0.3, -0.25) is 0 Å². The molecule has 4 bridgehead atoms. The molecule has 4 fully saturated rings. The van der Waals surface area contributed by atoms with Crippen molar-refractivity contribution >= 4 is 5.96 Å². The number of ether oxygens (including phenoxy) is 2. The molecule has 4 heterocycles. The number of guanidine groups is 1. The number of nitrogens with two attached hydrogens (primary N) is 1. The van der Waals surface area contributed by atoms with E-state index in [-0.39, 0.29) is 5.96 Å². The van der Waals surface area contributed by atoms with E-state index in [1.807, 2.05) is 0 Å². The summed E-state index contributed by atoms with van der Waals surface area (Å²) in [6, 6.07) is 0. The first kappa shape index (κ1) is 14.5. The maximum Gasteiger partial charge on any atom is 0.311 e. The summed E-state index contributed by atoms with van der Waals surface area (Å²) in [6.45, 7) is -0.857. The van der Waals surface area contributed by atoms with Gasteiger partial charge in [-0.1, -0.05) is 0 Å². The molecule has 9 N–H and O–H groups in total. The molecule has 7 unspecified atom stereocenters. The monoisotopic (exact) mass is 319 g/mol. The smallest absolute Gasteiger partial charge is 0.311 e. The molecule has 0 aromatic carbocycles. The van der Waals surface area contributed by atoms with Crippen molar-refractivity contribution < 1.29 is 40.1 Å². The van der Waals surface area contributed by atoms with E-state index >= 15 is 0 Å². The minimum atomic E-state index is -2.52. The Balaban J connectivity index is 1.95. The van der Waals surface area contributed by atoms with Crippen LogP contribution < -0.4 is 11.1 Å². The Kier molecular flexibility index (Phi) is 2.57. The van der Waals surface area contributed by atoms with E-state index < -0.39 is 60.3 Å². The summed E-state index contributed by atoms with van der Waals surface area (Å²) in [5, 5.41) is 64.3. The molecule has 9 atom stereocenters. The Hall–Kier alpha value is -1.05. The van der Waals surface area contributed by atoms with Crippen molar-refractivity contribution in [2.45, 2.75) is 47.8 Å². The molecule has 22 heavy (non-hydrogen) atoms. The molecule has 3 saturated heterocycles. The quantitative estimate of drug-likeness (QED) is 0.231. The zero-order chi connectivity index (χ0) is 16.1. The lowest BCUT2D eigenvalue weighted by Gasteiger charge is -2.71. The van der Waals surface area contributed by atoms with Crippen LogP contribution >= 0.6 is 0 Å². The summed E-state index contributed by atoms with van der Waals surface area (Å²) in [4.78, 5) is 3.70. The van der Waals surface area contributed by atoms with Crippen LogP contribution in [-0.2, 0) is 9.47 Å². The SMILES string of the molecule is NC1=NC(O)C2C3OC4(O)OC([C@H](O)C2(N1)[C@@H]4O)C3(O)CO. The van der Waals surface area contributed by atoms with Gasteiger partial charge in [0.2, 0.25) is 0 Å². The molecule has 124 valence electrons. The summed E-state index contributed by atoms with van der Waals surface area (Å²) in [6.07, 6.45) is -7.77. The molecule has 11 nitrogen and oxygen atoms in total. The molecule has 0 aromatic heterocycles. The largest absolute Gasteiger partial charge is 0.393 e. The van der Waals surface area contributed by atoms with Crippen molar-refractivity contribution in [1.29, 1.82) is 0 Å². The maximum absolute atomic E-state index is 10.6. The van der Waals surface area contributed by atoms with Gasteiger partial charge in [-0.25, -0.2) is 4.99 Å². The molecule has 0 aromatic rings. The number of aliphatic hydroxyl groups is 6. The van der Waals surface area contributed by atoms with Gasteiger partial charge in [-0.05, 0) is 0 Å². The zero-order valence-electron chi connectivity index (χ0n) is 11.2. The van der Waals surface area contributed by atoms with Crippen LogP contribution in [0.2, 0.25) is 0 Å². The van der Waals surface area contributed by atoms with E-state index in [1.54, 1.807) is 0 Å². The highest BCUT2D eigenvalue weighted by molar-refractivity contribution is 5.80. The van der Waals surface area contributed by atoms with Crippen molar-refractivity contribution in [2.75, 3.05) is 6.61 Å². The molecule has 11 heteroatoms. The number of aliphatic imine (C=N–C) groups is 1. The fourth-order valence-corrected chi connectivity index (χ4v) is 4.24. The first-order valence-corrected chi connectivity index (χ1v) is 6.77. The second kappa shape index (κ2) is 3.88. The van der Waals surface area contributed by atoms with Crippen LogP contribution in [0.5, 0.6) is 0 Å². The van der Waals surface area contributed by atoms with Crippen molar-refractivity contribution in [1.82, 2.24) is 5.32 Å². The third-order valence-corrected chi connectivity index (χ3v) is 5.22. The summed E-state index contributed by atoms with van der Waals surface area (Å²) >= 11 is 0. The van der Waals surface area contributed by atoms with E-state index in [9.17, 15) is 30.6 Å². The zero-order valence-corrected chi connectivity index (χ0v) is 11.2. The lowest BCUT2D eigenvalue weighted by atomic mass is 9.55. The van der Waals surface area contributed by atoms with Crippen molar-refractivity contribution in [2.24, 2.45) is 16.6 Å². The lowest BCUT2D eigenvalue weighted by molar-refractivity contribution is -0.548. The summed E-state index contributed by atoms with van der Waals surface area (Å²) in [5.41, 5.74) is 1.74. The highest BCUT2D eigenvalue weighted by Gasteiger charge is 2.82. The molecule has 1 saturated carbocycles. The van der Waals surface area contributed by atoms with E-state index in [1.165, 1.54) is 0 Å². The fourth-order valence-electron chi connectivity index (χ4n) is 4.24. The summed E-state index contributed by atoms with van der Waals surface area (Å²) in [7, 11) is 0. The van der Waals surface area contributed by atoms with E-state index in [2.05, 4.69) is 10.3 Å². The maximum atomic E-state index is 10.6. The topological polar surface area (TPSA) is 190 Å². The van der Waals surface area contributed by atoms with Gasteiger partial charge in [-0.2, -0.15) is 0 Å². The van der Waals surface area contributed by atoms with Crippen LogP contribution in [0, 0.1) is 5.92 Å². The highest BCUT2D eigenvalue weighted by Crippen LogP contribution is 2.58. The second-order valence-corrected chi connectivity index (χ2v) is 6.22. The second-order valence-electron chi connectivity index (χ2n) is 6.22. The highest BCUT2D eigenvalue weighted by atomic mass is 16.9. The van der Waals surface area contributed by atoms with Crippen molar-refractivity contribution in [3.63, 3.8) is 0 Å². The Morgan fingerprint density at radius 3 is 2.45 bits per heavy atom. The van der Waals surface area contributed by atoms with Crippen LogP contribution in [0.3, 0.4) is 0 Å². The molecule has 5 rings (SSSR count). The molecule has 0 amide bonds. The van der Waals surface area contributed by atoms with Crippen molar-refractivity contribution in [3.8, 4) is 0 Å². The molecular weight excluding hydrogens is 302 g/mol. The van der Waals surface area contributed by atoms with Crippen molar-refractivity contribution in [3.05, 3.63) is 0 Å². The van der Waals surface area contributed by atoms with Gasteiger partial charge in [0, 0.05) is 0 Å². The number of nitrogens with zero attached hydrogens (tertiary/aromatic N) is 1. The van der Waals surface area contributed by atoms with Crippen LogP contribution in [0.4, 0.5) is 0 Å². The number of hydrogen-bond donors (Lipinski definition) is 8. The number of rotatable bonds is 1. The van der Waals surface area contributed by atoms with Gasteiger partial charge in [0.25, 0.3) is 0 Å². The molecule has 0 radical (unpaired) electrons. The molecule has 4 aliphatic heterocycles. The normalized spacial score (nSPS) is 62.4. The number of aliphatic hydroxyl groups excluding tert-OH is 4. The molecule has 5 aliphatic rings. The number of hydrogen-bond acceptors (Lipinski definition) is 11. The summed E-state index contributed by atoms with van der Waals surface area (Å²) in [5.74, 6) is -3.95. The van der Waals surface area contributed by atoms with Crippen LogP contribution in [0.25, 0.3) is 0 Å². The van der Waals surface area contributed by atoms with Gasteiger partial charge in [0.1, 0.15) is 29.5 Å². The van der Waals surface area contributed by atoms with Gasteiger partial charge in [0.05, 0.1) is 12.5 Å². The average molecular weight is 319 g/mol. The Morgan fingerprint density at radius 1 is 1.18 bits per heavy atom. The first-order valence-electron chi connectivity index (χ1n) is 6.77. The average Bonchev–Trinajstić information content (AvgIpc) is 2.45. The van der Waals surface area contributed by atoms with Crippen LogP contribution in [-0.4, -0.2) is 91.0 Å². The third kappa shape index (κ3) is 1.28. The molecule has 1 spiro atoms. The fraction of sp³-hybridized carbons (Fsp3) is 0.909. The number of nitrogens with one attached hydrogen (secondary N) is 1. The van der Waals surface area contributed by atoms with E-state index in [0.29, 0.717) is 0 Å². The Morgan fingerprint density at radius 2 is 1.82 bits per heavy atom. The Bertz CT molecular complexity index is 561. The molecule has 1 aliphatic carbocycles. The predicted molar refractivity (Wildman–Crippen MR) is 65.7 cm³/mol. The predicted octanol–water partition coefficient (Wildman–Crippen LogP) is -5.52. The van der Waals surface area contributed by atoms with E-state index in [4.69, 9.17) is 15.2 Å². The van der Waals surface area contributed by atoms with Gasteiger partial charge >= 0.3 is 5.97 Å². The van der Waals surface area contributed by atoms with Gasteiger partial charge in [0.15, 0.2) is 18.3 Å².